The Morgan fingerprint density at radius 1 is 1.53 bits per heavy atom. The zero-order chi connectivity index (χ0) is 11.5. The number of hydrogen-bond donors (Lipinski definition) is 0. The highest BCUT2D eigenvalue weighted by Gasteiger charge is 2.53. The lowest BCUT2D eigenvalue weighted by atomic mass is 9.83. The molecule has 0 radical (unpaired) electrons. The van der Waals surface area contributed by atoms with Gasteiger partial charge in [-0.25, -0.2) is 0 Å². The predicted octanol–water partition coefficient (Wildman–Crippen LogP) is 2.81. The maximum absolute atomic E-state index is 12.7. The van der Waals surface area contributed by atoms with Crippen molar-refractivity contribution in [1.82, 2.24) is 0 Å². The fraction of sp³-hybridized carbons (Fsp3) is 0.778. The van der Waals surface area contributed by atoms with Gasteiger partial charge >= 0.3 is 13.3 Å². The quantitative estimate of drug-likeness (QED) is 0.537. The van der Waals surface area contributed by atoms with Crippen molar-refractivity contribution in [1.29, 1.82) is 0 Å². The van der Waals surface area contributed by atoms with E-state index in [2.05, 4.69) is 6.58 Å². The zero-order valence-corrected chi connectivity index (χ0v) is 8.64. The summed E-state index contributed by atoms with van der Waals surface area (Å²) in [6, 6.07) is 0. The van der Waals surface area contributed by atoms with Crippen LogP contribution >= 0.6 is 0 Å². The van der Waals surface area contributed by atoms with Crippen LogP contribution in [0.4, 0.5) is 13.2 Å². The second-order valence-corrected chi connectivity index (χ2v) is 3.78. The van der Waals surface area contributed by atoms with Gasteiger partial charge in [-0.2, -0.15) is 13.2 Å². The Morgan fingerprint density at radius 3 is 2.60 bits per heavy atom. The fourth-order valence-electron chi connectivity index (χ4n) is 1.44. The Balaban J connectivity index is 2.67. The van der Waals surface area contributed by atoms with Crippen LogP contribution in [-0.4, -0.2) is 25.5 Å². The van der Waals surface area contributed by atoms with E-state index >= 15 is 0 Å². The van der Waals surface area contributed by atoms with E-state index in [9.17, 15) is 13.2 Å². The molecule has 1 unspecified atom stereocenters. The van der Waals surface area contributed by atoms with Crippen LogP contribution in [0.15, 0.2) is 12.7 Å². The molecule has 0 aromatic rings. The molecular formula is C9H14BF3O2. The number of halogens is 3. The van der Waals surface area contributed by atoms with Crippen LogP contribution in [0.25, 0.3) is 0 Å². The monoisotopic (exact) mass is 222 g/mol. The minimum atomic E-state index is -4.41. The van der Waals surface area contributed by atoms with E-state index < -0.39 is 18.9 Å². The topological polar surface area (TPSA) is 18.5 Å². The van der Waals surface area contributed by atoms with Gasteiger partial charge in [-0.15, -0.1) is 6.58 Å². The van der Waals surface area contributed by atoms with Crippen molar-refractivity contribution < 1.29 is 22.5 Å². The number of hydrogen-bond acceptors (Lipinski definition) is 2. The SMILES string of the molecule is C=CCC(C)(OB1CCCO1)C(F)(F)F. The van der Waals surface area contributed by atoms with Gasteiger partial charge in [0, 0.05) is 13.0 Å². The van der Waals surface area contributed by atoms with Crippen molar-refractivity contribution in [3.05, 3.63) is 12.7 Å². The molecule has 1 aliphatic heterocycles. The standard InChI is InChI=1S/C9H14BF3O2/c1-3-5-8(2,9(11,12)13)15-10-6-4-7-14-10/h3H,1,4-7H2,2H3. The molecule has 1 saturated heterocycles. The molecule has 2 nitrogen and oxygen atoms in total. The van der Waals surface area contributed by atoms with E-state index in [0.717, 1.165) is 13.3 Å². The summed E-state index contributed by atoms with van der Waals surface area (Å²) in [5.74, 6) is 0. The molecule has 0 N–H and O–H groups in total. The third-order valence-corrected chi connectivity index (χ3v) is 2.41. The summed E-state index contributed by atoms with van der Waals surface area (Å²) < 4.78 is 48.2. The molecular weight excluding hydrogens is 208 g/mol. The molecule has 1 heterocycles. The summed E-state index contributed by atoms with van der Waals surface area (Å²) in [6.45, 7) is 4.80. The number of rotatable bonds is 4. The Morgan fingerprint density at radius 2 is 2.20 bits per heavy atom. The van der Waals surface area contributed by atoms with Gasteiger partial charge < -0.3 is 9.31 Å². The predicted molar refractivity (Wildman–Crippen MR) is 51.5 cm³/mol. The van der Waals surface area contributed by atoms with Crippen LogP contribution in [-0.2, 0) is 9.31 Å². The highest BCUT2D eigenvalue weighted by Crippen LogP contribution is 2.37. The minimum Gasteiger partial charge on any atom is -0.411 e. The molecule has 86 valence electrons. The first-order chi connectivity index (χ1) is 6.89. The van der Waals surface area contributed by atoms with Gasteiger partial charge in [0.05, 0.1) is 0 Å². The van der Waals surface area contributed by atoms with Crippen molar-refractivity contribution in [2.45, 2.75) is 37.9 Å². The normalized spacial score (nSPS) is 21.5. The first kappa shape index (κ1) is 12.6. The minimum absolute atomic E-state index is 0.268. The second-order valence-electron chi connectivity index (χ2n) is 3.78. The van der Waals surface area contributed by atoms with Crippen LogP contribution in [0.3, 0.4) is 0 Å². The summed E-state index contributed by atoms with van der Waals surface area (Å²) >= 11 is 0. The first-order valence-corrected chi connectivity index (χ1v) is 4.86. The molecule has 0 amide bonds. The maximum Gasteiger partial charge on any atom is 0.457 e. The van der Waals surface area contributed by atoms with Crippen LogP contribution in [0.5, 0.6) is 0 Å². The first-order valence-electron chi connectivity index (χ1n) is 4.86. The summed E-state index contributed by atoms with van der Waals surface area (Å²) in [4.78, 5) is 0. The summed E-state index contributed by atoms with van der Waals surface area (Å²) in [5, 5.41) is 0. The molecule has 0 spiro atoms. The van der Waals surface area contributed by atoms with Gasteiger partial charge in [0.15, 0.2) is 5.60 Å². The van der Waals surface area contributed by atoms with E-state index in [1.54, 1.807) is 0 Å². The fourth-order valence-corrected chi connectivity index (χ4v) is 1.44. The van der Waals surface area contributed by atoms with Gasteiger partial charge in [-0.05, 0) is 19.7 Å². The Kier molecular flexibility index (Phi) is 3.84. The van der Waals surface area contributed by atoms with Gasteiger partial charge in [-0.3, -0.25) is 0 Å². The van der Waals surface area contributed by atoms with Crippen LogP contribution in [0.2, 0.25) is 6.32 Å². The smallest absolute Gasteiger partial charge is 0.411 e. The third kappa shape index (κ3) is 2.98. The summed E-state index contributed by atoms with van der Waals surface area (Å²) in [7, 11) is -0.739. The molecule has 1 fully saturated rings. The highest BCUT2D eigenvalue weighted by atomic mass is 19.4. The van der Waals surface area contributed by atoms with Crippen molar-refractivity contribution in [3.8, 4) is 0 Å². The van der Waals surface area contributed by atoms with E-state index in [1.807, 2.05) is 0 Å². The Bertz CT molecular complexity index is 226. The summed E-state index contributed by atoms with van der Waals surface area (Å²) in [6.07, 6.45) is -2.21. The lowest BCUT2D eigenvalue weighted by Crippen LogP contribution is -2.48. The molecule has 0 aromatic heterocycles. The molecule has 0 bridgehead atoms. The van der Waals surface area contributed by atoms with Gasteiger partial charge in [-0.1, -0.05) is 6.08 Å². The van der Waals surface area contributed by atoms with E-state index in [1.165, 1.54) is 6.08 Å². The van der Waals surface area contributed by atoms with Crippen molar-refractivity contribution in [2.24, 2.45) is 0 Å². The third-order valence-electron chi connectivity index (χ3n) is 2.41. The lowest BCUT2D eigenvalue weighted by molar-refractivity contribution is -0.245. The van der Waals surface area contributed by atoms with Gasteiger partial charge in [0.1, 0.15) is 0 Å². The molecule has 1 atom stereocenters. The second kappa shape index (κ2) is 4.57. The molecule has 6 heteroatoms. The van der Waals surface area contributed by atoms with E-state index in [-0.39, 0.29) is 6.42 Å². The van der Waals surface area contributed by atoms with Gasteiger partial charge in [0.25, 0.3) is 0 Å². The average Bonchev–Trinajstić information content (AvgIpc) is 2.55. The van der Waals surface area contributed by atoms with Crippen LogP contribution < -0.4 is 0 Å². The molecule has 1 rings (SSSR count). The van der Waals surface area contributed by atoms with Gasteiger partial charge in [0.2, 0.25) is 0 Å². The molecule has 15 heavy (non-hydrogen) atoms. The highest BCUT2D eigenvalue weighted by molar-refractivity contribution is 6.45. The van der Waals surface area contributed by atoms with Crippen LogP contribution in [0.1, 0.15) is 19.8 Å². The maximum atomic E-state index is 12.7. The Hall–Kier alpha value is -0.485. The zero-order valence-electron chi connectivity index (χ0n) is 8.64. The van der Waals surface area contributed by atoms with Crippen LogP contribution in [0, 0.1) is 0 Å². The number of alkyl halides is 3. The lowest BCUT2D eigenvalue weighted by Gasteiger charge is -2.32. The summed E-state index contributed by atoms with van der Waals surface area (Å²) in [5.41, 5.74) is -2.19. The van der Waals surface area contributed by atoms with E-state index in [4.69, 9.17) is 9.31 Å². The van der Waals surface area contributed by atoms with Crippen molar-refractivity contribution in [2.75, 3.05) is 6.61 Å². The average molecular weight is 222 g/mol. The van der Waals surface area contributed by atoms with Crippen molar-refractivity contribution >= 4 is 7.12 Å². The molecule has 1 aliphatic rings. The molecule has 0 aliphatic carbocycles. The largest absolute Gasteiger partial charge is 0.457 e. The molecule has 0 saturated carbocycles. The van der Waals surface area contributed by atoms with Crippen molar-refractivity contribution in [3.63, 3.8) is 0 Å². The Labute approximate surface area is 87.6 Å². The van der Waals surface area contributed by atoms with E-state index in [0.29, 0.717) is 12.9 Å². The molecule has 0 aromatic carbocycles.